The normalized spacial score (nSPS) is 18.3. The van der Waals surface area contributed by atoms with Crippen LogP contribution < -0.4 is 5.32 Å². The number of H-pyrrole nitrogens is 2. The van der Waals surface area contributed by atoms with Gasteiger partial charge in [0.2, 0.25) is 11.8 Å². The van der Waals surface area contributed by atoms with E-state index in [0.29, 0.717) is 32.6 Å². The number of likely N-dealkylation sites (tertiary alicyclic amines) is 2. The molecule has 15 heteroatoms. The molecule has 49 heavy (non-hydrogen) atoms. The first kappa shape index (κ1) is 34.8. The molecule has 262 valence electrons. The fourth-order valence-electron chi connectivity index (χ4n) is 6.56. The SMILES string of the molecule is COCCCC(=O)N1CCC[C@H]1c1ncc(-c2ccc(-c3ccc(-c4cnc([C@@H]5CCCN5C(=O)[C@H](CCOC)NC(=O)OC)[nH]4)s3)s2)[nH]1. The maximum atomic E-state index is 13.5. The smallest absolute Gasteiger partial charge is 0.407 e. The van der Waals surface area contributed by atoms with Crippen molar-refractivity contribution in [2.24, 2.45) is 0 Å². The Labute approximate surface area is 293 Å². The maximum absolute atomic E-state index is 13.5. The number of rotatable bonds is 14. The highest BCUT2D eigenvalue weighted by molar-refractivity contribution is 7.25. The number of alkyl carbamates (subject to hydrolysis) is 1. The molecule has 0 aliphatic carbocycles. The third-order valence-corrected chi connectivity index (χ3v) is 11.5. The summed E-state index contributed by atoms with van der Waals surface area (Å²) in [6.07, 6.45) is 8.09. The summed E-state index contributed by atoms with van der Waals surface area (Å²) in [6.45, 7) is 2.26. The van der Waals surface area contributed by atoms with Crippen LogP contribution in [0.5, 0.6) is 0 Å². The first-order chi connectivity index (χ1) is 23.9. The molecule has 0 radical (unpaired) electrons. The molecular weight excluding hydrogens is 667 g/mol. The van der Waals surface area contributed by atoms with Crippen molar-refractivity contribution in [3.63, 3.8) is 0 Å². The summed E-state index contributed by atoms with van der Waals surface area (Å²) in [7, 11) is 4.50. The van der Waals surface area contributed by atoms with E-state index in [0.717, 1.165) is 81.2 Å². The lowest BCUT2D eigenvalue weighted by Crippen LogP contribution is -2.49. The zero-order valence-electron chi connectivity index (χ0n) is 28.0. The van der Waals surface area contributed by atoms with E-state index >= 15 is 0 Å². The third-order valence-electron chi connectivity index (χ3n) is 9.04. The average Bonchev–Trinajstić information content (AvgIpc) is 3.94. The van der Waals surface area contributed by atoms with Crippen LogP contribution in [0.1, 0.15) is 68.7 Å². The number of amides is 3. The highest BCUT2D eigenvalue weighted by Gasteiger charge is 2.36. The molecule has 2 aliphatic rings. The number of aromatic nitrogens is 4. The number of imidazole rings is 2. The molecule has 2 saturated heterocycles. The van der Waals surface area contributed by atoms with E-state index in [4.69, 9.17) is 14.2 Å². The van der Waals surface area contributed by atoms with Crippen LogP contribution in [0.3, 0.4) is 0 Å². The second-order valence-electron chi connectivity index (χ2n) is 12.2. The average molecular weight is 710 g/mol. The predicted molar refractivity (Wildman–Crippen MR) is 187 cm³/mol. The highest BCUT2D eigenvalue weighted by Crippen LogP contribution is 2.41. The van der Waals surface area contributed by atoms with E-state index < -0.39 is 12.1 Å². The number of aromatic amines is 2. The van der Waals surface area contributed by atoms with Crippen molar-refractivity contribution >= 4 is 40.6 Å². The van der Waals surface area contributed by atoms with Crippen LogP contribution in [0.15, 0.2) is 36.7 Å². The number of carbonyl (C=O) groups is 3. The monoisotopic (exact) mass is 709 g/mol. The molecule has 0 bridgehead atoms. The molecule has 3 N–H and O–H groups in total. The fourth-order valence-corrected chi connectivity index (χ4v) is 8.60. The molecule has 4 aromatic rings. The van der Waals surface area contributed by atoms with E-state index in [-0.39, 0.29) is 23.9 Å². The van der Waals surface area contributed by atoms with Gasteiger partial charge >= 0.3 is 6.09 Å². The van der Waals surface area contributed by atoms with Gasteiger partial charge in [-0.2, -0.15) is 0 Å². The molecule has 2 aliphatic heterocycles. The number of hydrogen-bond donors (Lipinski definition) is 3. The molecule has 3 amide bonds. The van der Waals surface area contributed by atoms with Gasteiger partial charge in [-0.1, -0.05) is 0 Å². The number of methoxy groups -OCH3 is 3. The number of nitrogens with zero attached hydrogens (tertiary/aromatic N) is 4. The molecular formula is C34H43N7O6S2. The molecule has 0 unspecified atom stereocenters. The Morgan fingerprint density at radius 1 is 0.837 bits per heavy atom. The predicted octanol–water partition coefficient (Wildman–Crippen LogP) is 5.77. The van der Waals surface area contributed by atoms with Crippen molar-refractivity contribution in [2.45, 2.75) is 63.1 Å². The van der Waals surface area contributed by atoms with Crippen LogP contribution in [-0.2, 0) is 23.8 Å². The summed E-state index contributed by atoms with van der Waals surface area (Å²) >= 11 is 3.37. The van der Waals surface area contributed by atoms with Crippen molar-refractivity contribution in [1.29, 1.82) is 0 Å². The minimum Gasteiger partial charge on any atom is -0.453 e. The van der Waals surface area contributed by atoms with E-state index in [1.165, 1.54) is 7.11 Å². The molecule has 0 aromatic carbocycles. The lowest BCUT2D eigenvalue weighted by atomic mass is 10.1. The number of ether oxygens (including phenoxy) is 3. The van der Waals surface area contributed by atoms with Crippen LogP contribution >= 0.6 is 22.7 Å². The lowest BCUT2D eigenvalue weighted by molar-refractivity contribution is -0.135. The first-order valence-electron chi connectivity index (χ1n) is 16.6. The zero-order chi connectivity index (χ0) is 34.3. The van der Waals surface area contributed by atoms with E-state index in [1.54, 1.807) is 41.8 Å². The van der Waals surface area contributed by atoms with Crippen LogP contribution in [0.2, 0.25) is 0 Å². The maximum Gasteiger partial charge on any atom is 0.407 e. The summed E-state index contributed by atoms with van der Waals surface area (Å²) in [5, 5.41) is 2.66. The summed E-state index contributed by atoms with van der Waals surface area (Å²) in [6, 6.07) is 7.45. The fraction of sp³-hybridized carbons (Fsp3) is 0.500. The summed E-state index contributed by atoms with van der Waals surface area (Å²) in [5.41, 5.74) is 1.84. The van der Waals surface area contributed by atoms with Gasteiger partial charge in [0.25, 0.3) is 0 Å². The highest BCUT2D eigenvalue weighted by atomic mass is 32.1. The van der Waals surface area contributed by atoms with Gasteiger partial charge in [0, 0.05) is 63.1 Å². The summed E-state index contributed by atoms with van der Waals surface area (Å²) in [4.78, 5) is 62.8. The molecule has 0 saturated carbocycles. The van der Waals surface area contributed by atoms with Gasteiger partial charge in [0.15, 0.2) is 0 Å². The Bertz CT molecular complexity index is 1730. The molecule has 13 nitrogen and oxygen atoms in total. The van der Waals surface area contributed by atoms with Crippen LogP contribution in [0.25, 0.3) is 30.9 Å². The van der Waals surface area contributed by atoms with Crippen molar-refractivity contribution in [3.05, 3.63) is 48.3 Å². The number of thiophene rings is 2. The quantitative estimate of drug-likeness (QED) is 0.140. The Balaban J connectivity index is 1.11. The molecule has 3 atom stereocenters. The Morgan fingerprint density at radius 2 is 1.39 bits per heavy atom. The van der Waals surface area contributed by atoms with Gasteiger partial charge in [0.05, 0.1) is 52.7 Å². The van der Waals surface area contributed by atoms with Gasteiger partial charge in [0.1, 0.15) is 17.7 Å². The number of nitrogens with one attached hydrogen (secondary N) is 3. The van der Waals surface area contributed by atoms with Crippen molar-refractivity contribution in [1.82, 2.24) is 35.1 Å². The molecule has 6 rings (SSSR count). The molecule has 4 aromatic heterocycles. The second-order valence-corrected chi connectivity index (χ2v) is 14.4. The van der Waals surface area contributed by atoms with Gasteiger partial charge in [-0.15, -0.1) is 22.7 Å². The number of hydrogen-bond acceptors (Lipinski definition) is 10. The summed E-state index contributed by atoms with van der Waals surface area (Å²) in [5.74, 6) is 1.54. The molecule has 0 spiro atoms. The van der Waals surface area contributed by atoms with Gasteiger partial charge in [-0.25, -0.2) is 14.8 Å². The largest absolute Gasteiger partial charge is 0.453 e. The topological polar surface area (TPSA) is 155 Å². The minimum absolute atomic E-state index is 0.0228. The van der Waals surface area contributed by atoms with Gasteiger partial charge < -0.3 is 39.3 Å². The van der Waals surface area contributed by atoms with E-state index in [1.807, 2.05) is 17.3 Å². The minimum atomic E-state index is -0.746. The van der Waals surface area contributed by atoms with E-state index in [2.05, 4.69) is 49.5 Å². The Hall–Kier alpha value is -4.05. The second kappa shape index (κ2) is 16.1. The Kier molecular flexibility index (Phi) is 11.4. The van der Waals surface area contributed by atoms with Gasteiger partial charge in [-0.3, -0.25) is 9.59 Å². The molecule has 6 heterocycles. The van der Waals surface area contributed by atoms with Crippen molar-refractivity contribution < 1.29 is 28.6 Å². The van der Waals surface area contributed by atoms with E-state index in [9.17, 15) is 14.4 Å². The van der Waals surface area contributed by atoms with Crippen molar-refractivity contribution in [3.8, 4) is 30.9 Å². The van der Waals surface area contributed by atoms with Crippen LogP contribution in [0.4, 0.5) is 4.79 Å². The lowest BCUT2D eigenvalue weighted by Gasteiger charge is -2.28. The van der Waals surface area contributed by atoms with Gasteiger partial charge in [-0.05, 0) is 56.4 Å². The van der Waals surface area contributed by atoms with Crippen molar-refractivity contribution in [2.75, 3.05) is 47.6 Å². The first-order valence-corrected chi connectivity index (χ1v) is 18.3. The van der Waals surface area contributed by atoms with Crippen LogP contribution in [-0.4, -0.2) is 101 Å². The van der Waals surface area contributed by atoms with Crippen LogP contribution in [0, 0.1) is 0 Å². The number of carbonyl (C=O) groups excluding carboxylic acids is 3. The summed E-state index contributed by atoms with van der Waals surface area (Å²) < 4.78 is 15.0. The molecule has 2 fully saturated rings. The standard InChI is InChI=1S/C34H43N7O6S2/c1-45-17-6-9-30(42)40-15-4-7-24(40)31-35-19-22(37-31)26-10-12-28(48-26)29-13-11-27(49-29)23-20-36-32(38-23)25-8-5-16-41(25)33(43)21(14-18-46-2)39-34(44)47-3/h10-13,19-21,24-25H,4-9,14-18H2,1-3H3,(H,35,37)(H,36,38)(H,39,44)/t21-,24-,25-/m0/s1. The zero-order valence-corrected chi connectivity index (χ0v) is 29.7. The third kappa shape index (κ3) is 7.90. The Morgan fingerprint density at radius 3 is 1.96 bits per heavy atom.